The molecular weight excluding hydrogens is 1290 g/mol. The second kappa shape index (κ2) is 19.9. The highest BCUT2D eigenvalue weighted by Crippen LogP contribution is 2.61. The van der Waals surface area contributed by atoms with Gasteiger partial charge in [-0.3, -0.25) is 0 Å². The van der Waals surface area contributed by atoms with Crippen molar-refractivity contribution in [2.24, 2.45) is 0 Å². The maximum atomic E-state index is 7.35. The minimum atomic E-state index is -0.259. The SMILES string of the molecule is Clc1c(Cl)c(Cl)c(-c2c(-c3c(Cl)c(Cl)c(Cl)c(Cl)c3Cl)c3c(-c4c(Cl)c(Cl)c(Cl)c(Cl)c4Cl)c4nc(cc5ccc(cc6nc(cc2n3-c2c(Cl)c(Cl)c(Cl)c(Cl)c2Cl)C=C6)[nH]5)C=C4)c(Cl)c1Cl. The van der Waals surface area contributed by atoms with Crippen LogP contribution in [0, 0.1) is 0 Å². The number of fused-ring (bicyclic) bond motifs is 8. The van der Waals surface area contributed by atoms with Crippen molar-refractivity contribution in [3.05, 3.63) is 154 Å². The molecule has 0 saturated carbocycles. The Morgan fingerprint density at radius 3 is 1.06 bits per heavy atom. The molecule has 1 N–H and O–H groups in total. The van der Waals surface area contributed by atoms with Crippen molar-refractivity contribution in [2.45, 2.75) is 0 Å². The van der Waals surface area contributed by atoms with E-state index in [0.29, 0.717) is 28.1 Å². The van der Waals surface area contributed by atoms with Crippen LogP contribution in [-0.4, -0.2) is 19.5 Å². The molecule has 9 rings (SSSR count). The number of hydrogen-bond acceptors (Lipinski definition) is 2. The van der Waals surface area contributed by atoms with E-state index in [0.717, 1.165) is 0 Å². The molecule has 4 nitrogen and oxygen atoms in total. The Kier molecular flexibility index (Phi) is 15.2. The smallest absolute Gasteiger partial charge is 0.0868 e. The molecule has 7 aromatic rings. The van der Waals surface area contributed by atoms with Crippen LogP contribution in [0.5, 0.6) is 0 Å². The first-order valence-corrected chi connectivity index (χ1v) is 25.9. The van der Waals surface area contributed by atoms with Gasteiger partial charge in [-0.1, -0.05) is 232 Å². The van der Waals surface area contributed by atoms with Crippen molar-refractivity contribution < 1.29 is 0 Å². The Hall–Kier alpha value is -0.720. The fourth-order valence-corrected chi connectivity index (χ4v) is 12.8. The summed E-state index contributed by atoms with van der Waals surface area (Å²) in [6, 6.07) is 8.94. The van der Waals surface area contributed by atoms with E-state index < -0.39 is 0 Å². The first-order chi connectivity index (χ1) is 32.1. The number of benzene rings is 4. The number of nitrogens with one attached hydrogen (secondary N) is 1. The van der Waals surface area contributed by atoms with Crippen molar-refractivity contribution in [3.8, 4) is 39.1 Å². The maximum absolute atomic E-state index is 7.35. The van der Waals surface area contributed by atoms with E-state index in [4.69, 9.17) is 242 Å². The van der Waals surface area contributed by atoms with Crippen molar-refractivity contribution in [2.75, 3.05) is 0 Å². The van der Waals surface area contributed by atoms with Crippen molar-refractivity contribution in [1.82, 2.24) is 19.5 Å². The van der Waals surface area contributed by atoms with Crippen LogP contribution in [-0.2, 0) is 0 Å². The summed E-state index contributed by atoms with van der Waals surface area (Å²) < 4.78 is 1.49. The Morgan fingerprint density at radius 2 is 0.632 bits per heavy atom. The van der Waals surface area contributed by atoms with Crippen LogP contribution in [0.15, 0.2) is 30.3 Å². The van der Waals surface area contributed by atoms with E-state index in [1.807, 2.05) is 18.2 Å². The van der Waals surface area contributed by atoms with Gasteiger partial charge in [0.05, 0.1) is 140 Å². The molecule has 2 aliphatic heterocycles. The normalized spacial score (nSPS) is 12.3. The lowest BCUT2D eigenvalue weighted by Crippen LogP contribution is -2.02. The van der Waals surface area contributed by atoms with Gasteiger partial charge in [-0.2, -0.15) is 0 Å². The van der Waals surface area contributed by atoms with Crippen LogP contribution < -0.4 is 0 Å². The molecule has 0 fully saturated rings. The molecule has 0 amide bonds. The summed E-state index contributed by atoms with van der Waals surface area (Å²) in [4.78, 5) is 13.4. The van der Waals surface area contributed by atoms with E-state index >= 15 is 0 Å². The van der Waals surface area contributed by atoms with Crippen LogP contribution in [0.3, 0.4) is 0 Å². The third-order valence-corrected chi connectivity index (χ3v) is 19.5. The van der Waals surface area contributed by atoms with E-state index in [1.54, 1.807) is 36.4 Å². The Labute approximate surface area is 484 Å². The first-order valence-electron chi connectivity index (χ1n) is 18.3. The Morgan fingerprint density at radius 1 is 0.309 bits per heavy atom. The Balaban J connectivity index is 1.80. The maximum Gasteiger partial charge on any atom is 0.0868 e. The summed E-state index contributed by atoms with van der Waals surface area (Å²) in [5.41, 5.74) is 2.31. The van der Waals surface area contributed by atoms with Gasteiger partial charge < -0.3 is 9.55 Å². The highest BCUT2D eigenvalue weighted by molar-refractivity contribution is 6.61. The van der Waals surface area contributed by atoms with Gasteiger partial charge in [0.2, 0.25) is 0 Å². The van der Waals surface area contributed by atoms with Gasteiger partial charge in [-0.05, 0) is 54.6 Å². The number of nitrogens with zero attached hydrogens (tertiary/aromatic N) is 3. The molecule has 3 aromatic heterocycles. The zero-order valence-electron chi connectivity index (χ0n) is 32.1. The molecular formula is C44H10Cl20N4. The monoisotopic (exact) mass is 1290 g/mol. The zero-order valence-corrected chi connectivity index (χ0v) is 47.2. The van der Waals surface area contributed by atoms with Gasteiger partial charge in [0.15, 0.2) is 0 Å². The zero-order chi connectivity index (χ0) is 49.3. The number of H-pyrrole nitrogens is 1. The molecule has 24 heteroatoms. The number of hydrogen-bond donors (Lipinski definition) is 1. The highest BCUT2D eigenvalue weighted by atomic mass is 35.5. The van der Waals surface area contributed by atoms with Gasteiger partial charge in [-0.25, -0.2) is 9.97 Å². The highest BCUT2D eigenvalue weighted by Gasteiger charge is 2.37. The van der Waals surface area contributed by atoms with E-state index in [-0.39, 0.29) is 156 Å². The van der Waals surface area contributed by atoms with E-state index in [1.165, 1.54) is 4.57 Å². The largest absolute Gasteiger partial charge is 0.355 e. The van der Waals surface area contributed by atoms with Crippen LogP contribution in [0.25, 0.3) is 85.4 Å². The lowest BCUT2D eigenvalue weighted by atomic mass is 9.92. The third kappa shape index (κ3) is 8.49. The summed E-state index contributed by atoms with van der Waals surface area (Å²) >= 11 is 141. The minimum Gasteiger partial charge on any atom is -0.355 e. The minimum absolute atomic E-state index is 0.00170. The van der Waals surface area contributed by atoms with Gasteiger partial charge in [0.25, 0.3) is 0 Å². The summed E-state index contributed by atoms with van der Waals surface area (Å²) in [6.07, 6.45) is 6.84. The number of halogens is 20. The van der Waals surface area contributed by atoms with Gasteiger partial charge >= 0.3 is 0 Å². The molecule has 0 spiro atoms. The molecule has 0 radical (unpaired) electrons. The van der Waals surface area contributed by atoms with Gasteiger partial charge in [-0.15, -0.1) is 0 Å². The summed E-state index contributed by atoms with van der Waals surface area (Å²) in [5, 5.41) is -4.52. The van der Waals surface area contributed by atoms with Crippen LogP contribution >= 0.6 is 232 Å². The molecule has 0 aliphatic carbocycles. The second-order valence-corrected chi connectivity index (χ2v) is 21.9. The average Bonchev–Trinajstić information content (AvgIpc) is 4.14. The molecule has 5 heterocycles. The quantitative estimate of drug-likeness (QED) is 0.141. The molecule has 0 saturated heterocycles. The van der Waals surface area contributed by atoms with Crippen LogP contribution in [0.1, 0.15) is 22.8 Å². The van der Waals surface area contributed by atoms with Crippen LogP contribution in [0.2, 0.25) is 100 Å². The lowest BCUT2D eigenvalue weighted by molar-refractivity contribution is 1.17. The second-order valence-electron chi connectivity index (χ2n) is 14.3. The van der Waals surface area contributed by atoms with Crippen molar-refractivity contribution in [3.63, 3.8) is 0 Å². The van der Waals surface area contributed by atoms with Gasteiger partial charge in [0, 0.05) is 44.4 Å². The molecule has 0 unspecified atom stereocenters. The predicted octanol–water partition coefficient (Wildman–Crippen LogP) is 24.2. The lowest BCUT2D eigenvalue weighted by Gasteiger charge is -2.20. The Bertz CT molecular complexity index is 3590. The molecule has 0 atom stereocenters. The molecule has 8 bridgehead atoms. The molecule has 346 valence electrons. The van der Waals surface area contributed by atoms with Crippen molar-refractivity contribution in [1.29, 1.82) is 0 Å². The molecule has 2 aliphatic rings. The summed E-state index contributed by atoms with van der Waals surface area (Å²) in [6.45, 7) is 0. The number of rotatable bonds is 4. The summed E-state index contributed by atoms with van der Waals surface area (Å²) in [5.74, 6) is 0. The average molecular weight is 1300 g/mol. The molecule has 4 aromatic carbocycles. The number of aromatic amines is 1. The fourth-order valence-electron chi connectivity index (χ4n) is 7.53. The molecule has 68 heavy (non-hydrogen) atoms. The van der Waals surface area contributed by atoms with E-state index in [2.05, 4.69) is 4.98 Å². The standard InChI is InChI=1S/C44H10Cl20N4/c45-23-20(24(46)30(52)35(57)29(23)51)17-15-6-5-13(67-15)8-12-2-1-10(65-12)7-11-3-4-14(66-11)9-16-18(21-25(47)31(53)36(58)32(54)26(21)48)19(22-27(49)33(55)37(59)34(56)28(22)50)43(17)68(16)44-41(63)39(61)38(60)40(62)42(44)64/h1-9,65H. The topological polar surface area (TPSA) is 46.5 Å². The van der Waals surface area contributed by atoms with Crippen molar-refractivity contribution >= 4 is 278 Å². The third-order valence-electron chi connectivity index (χ3n) is 10.5. The first kappa shape index (κ1) is 52.2. The fraction of sp³-hybridized carbons (Fsp3) is 0. The predicted molar refractivity (Wildman–Crippen MR) is 300 cm³/mol. The van der Waals surface area contributed by atoms with Crippen LogP contribution in [0.4, 0.5) is 0 Å². The van der Waals surface area contributed by atoms with Gasteiger partial charge in [0.1, 0.15) is 0 Å². The van der Waals surface area contributed by atoms with E-state index in [9.17, 15) is 0 Å². The summed E-state index contributed by atoms with van der Waals surface area (Å²) in [7, 11) is 0. The number of aromatic nitrogens is 4.